The van der Waals surface area contributed by atoms with Gasteiger partial charge in [-0.3, -0.25) is 0 Å². The van der Waals surface area contributed by atoms with Crippen LogP contribution < -0.4 is 4.90 Å². The molecule has 23 rings (SSSR count). The number of benzene rings is 16. The van der Waals surface area contributed by atoms with E-state index in [1.54, 1.807) is 0 Å². The molecule has 0 spiro atoms. The van der Waals surface area contributed by atoms with Crippen LogP contribution in [-0.4, -0.2) is 4.57 Å². The molecule has 0 radical (unpaired) electrons. The van der Waals surface area contributed by atoms with Crippen molar-refractivity contribution in [3.8, 4) is 139 Å². The standard InChI is InChI=1S/C54H40ClN.C54H39N/c1-53(2)43-21-9-7-17-39(43)51-35(19-13-23-45(51)53)33-27-29-48-41(31-33)37-15-5-6-16-38(37)42-32-34(28-30-49(42)56(48)50-26-12-11-25-47(50)55)36-20-14-24-46-52(36)40-18-8-10-22-44(40)54(46,3)4;1-53(2)44-22-10-7-18-39(44)50-34(20-13-24-46(50)53)32-27-28-49-41(29-32)36-15-5-6-16-37(36)42-30-33(31-43-38-17-9-12-26-48(38)55(49)52(42)43)35-21-14-25-47-51(35)40-19-8-11-23-45(40)54(47,3)4/h5-32H,1-4H3;5-31H,1-4H3. The molecule has 528 valence electrons. The molecule has 6 aliphatic rings. The summed E-state index contributed by atoms with van der Waals surface area (Å²) in [6.45, 7) is 18.9. The molecule has 0 saturated carbocycles. The van der Waals surface area contributed by atoms with Gasteiger partial charge >= 0.3 is 0 Å². The summed E-state index contributed by atoms with van der Waals surface area (Å²) in [5.41, 5.74) is 48.4. The van der Waals surface area contributed by atoms with Crippen LogP contribution in [0.5, 0.6) is 0 Å². The minimum absolute atomic E-state index is 0.0497. The predicted octanol–water partition coefficient (Wildman–Crippen LogP) is 29.8. The lowest BCUT2D eigenvalue weighted by Crippen LogP contribution is -2.14. The Hall–Kier alpha value is -12.6. The summed E-state index contributed by atoms with van der Waals surface area (Å²) in [7, 11) is 0. The van der Waals surface area contributed by atoms with Gasteiger partial charge in [-0.1, -0.05) is 334 Å². The maximum Gasteiger partial charge on any atom is 0.0648 e. The molecule has 0 N–H and O–H groups in total. The van der Waals surface area contributed by atoms with Gasteiger partial charge in [-0.25, -0.2) is 0 Å². The van der Waals surface area contributed by atoms with E-state index in [0.717, 1.165) is 17.1 Å². The van der Waals surface area contributed by atoms with Gasteiger partial charge in [-0.05, 0) is 223 Å². The number of hydrogen-bond acceptors (Lipinski definition) is 1. The highest BCUT2D eigenvalue weighted by molar-refractivity contribution is 6.34. The average Bonchev–Trinajstić information content (AvgIpc) is 1.56. The SMILES string of the molecule is CC1(C)c2ccccc2-c2c(-c3ccc4c(c3)-c3ccccc3-c3cc(-c5cccc6c5-c5ccccc5C6(C)C)cc5c6ccccc6n-4c35)cccc21.CC1(C)c2ccccc2-c2c(-c3ccc4c(c3)-c3ccccc3-c3cc(-c5cccc6c5-c5ccccc5C6(C)C)ccc3N4c3ccccc3Cl)cccc21. The van der Waals surface area contributed by atoms with Crippen molar-refractivity contribution in [3.63, 3.8) is 0 Å². The Morgan fingerprint density at radius 1 is 0.207 bits per heavy atom. The Morgan fingerprint density at radius 2 is 0.505 bits per heavy atom. The summed E-state index contributed by atoms with van der Waals surface area (Å²) in [6.07, 6.45) is 0. The zero-order valence-corrected chi connectivity index (χ0v) is 64.3. The minimum atomic E-state index is -0.0723. The van der Waals surface area contributed by atoms with Gasteiger partial charge < -0.3 is 9.47 Å². The van der Waals surface area contributed by atoms with E-state index in [9.17, 15) is 0 Å². The van der Waals surface area contributed by atoms with E-state index in [0.29, 0.717) is 5.02 Å². The largest absolute Gasteiger partial charge is 0.308 e. The molecule has 16 aromatic carbocycles. The fourth-order valence-electron chi connectivity index (χ4n) is 21.0. The lowest BCUT2D eigenvalue weighted by molar-refractivity contribution is 0.660. The normalized spacial score (nSPS) is 14.8. The van der Waals surface area contributed by atoms with Gasteiger partial charge in [0.25, 0.3) is 0 Å². The van der Waals surface area contributed by atoms with Crippen LogP contribution in [-0.2, 0) is 21.7 Å². The third kappa shape index (κ3) is 9.20. The number of anilines is 3. The van der Waals surface area contributed by atoms with Crippen LogP contribution in [0.1, 0.15) is 99.9 Å². The summed E-state index contributed by atoms with van der Waals surface area (Å²) in [5, 5.41) is 3.28. The van der Waals surface area contributed by atoms with E-state index in [-0.39, 0.29) is 21.7 Å². The van der Waals surface area contributed by atoms with Crippen LogP contribution in [0.25, 0.3) is 161 Å². The highest BCUT2D eigenvalue weighted by Gasteiger charge is 2.42. The van der Waals surface area contributed by atoms with Gasteiger partial charge in [0.1, 0.15) is 0 Å². The number of rotatable bonds is 5. The quantitative estimate of drug-likeness (QED) is 0.167. The minimum Gasteiger partial charge on any atom is -0.308 e. The molecule has 2 aliphatic heterocycles. The van der Waals surface area contributed by atoms with E-state index >= 15 is 0 Å². The molecule has 0 bridgehead atoms. The van der Waals surface area contributed by atoms with Crippen molar-refractivity contribution in [1.29, 1.82) is 0 Å². The number of halogens is 1. The molecule has 1 aromatic heterocycles. The maximum absolute atomic E-state index is 7.14. The van der Waals surface area contributed by atoms with Crippen molar-refractivity contribution < 1.29 is 0 Å². The Morgan fingerprint density at radius 3 is 0.910 bits per heavy atom. The van der Waals surface area contributed by atoms with Crippen LogP contribution in [0.3, 0.4) is 0 Å². The molecule has 17 aromatic rings. The highest BCUT2D eigenvalue weighted by atomic mass is 35.5. The van der Waals surface area contributed by atoms with E-state index in [4.69, 9.17) is 11.6 Å². The van der Waals surface area contributed by atoms with Gasteiger partial charge in [0.2, 0.25) is 0 Å². The second-order valence-electron chi connectivity index (χ2n) is 33.4. The molecule has 2 nitrogen and oxygen atoms in total. The average molecular weight is 1440 g/mol. The lowest BCUT2D eigenvalue weighted by atomic mass is 9.81. The molecule has 111 heavy (non-hydrogen) atoms. The highest BCUT2D eigenvalue weighted by Crippen LogP contribution is 2.61. The summed E-state index contributed by atoms with van der Waals surface area (Å²) < 4.78 is 2.55. The number of fused-ring (bicyclic) bond motifs is 25. The fourth-order valence-corrected chi connectivity index (χ4v) is 21.2. The molecule has 0 atom stereocenters. The van der Waals surface area contributed by atoms with Gasteiger partial charge in [0, 0.05) is 54.7 Å². The molecule has 4 aliphatic carbocycles. The van der Waals surface area contributed by atoms with Crippen LogP contribution >= 0.6 is 11.6 Å². The third-order valence-electron chi connectivity index (χ3n) is 26.3. The number of aromatic nitrogens is 1. The number of hydrogen-bond donors (Lipinski definition) is 0. The van der Waals surface area contributed by atoms with Crippen molar-refractivity contribution >= 4 is 50.5 Å². The molecule has 3 heterocycles. The van der Waals surface area contributed by atoms with E-state index in [2.05, 4.69) is 386 Å². The van der Waals surface area contributed by atoms with Crippen molar-refractivity contribution in [2.45, 2.75) is 77.0 Å². The van der Waals surface area contributed by atoms with Crippen LogP contribution in [0.2, 0.25) is 5.02 Å². The molecular weight excluding hydrogens is 1360 g/mol. The van der Waals surface area contributed by atoms with Crippen LogP contribution in [0.15, 0.2) is 334 Å². The van der Waals surface area contributed by atoms with E-state index < -0.39 is 0 Å². The first-order valence-electron chi connectivity index (χ1n) is 39.2. The van der Waals surface area contributed by atoms with Crippen molar-refractivity contribution in [1.82, 2.24) is 4.57 Å². The smallest absolute Gasteiger partial charge is 0.0648 e. The van der Waals surface area contributed by atoms with Crippen molar-refractivity contribution in [2.75, 3.05) is 4.90 Å². The fraction of sp³-hybridized carbons (Fsp3) is 0.111. The number of para-hydroxylation sites is 2. The van der Waals surface area contributed by atoms with Gasteiger partial charge in [-0.15, -0.1) is 0 Å². The van der Waals surface area contributed by atoms with Crippen LogP contribution in [0.4, 0.5) is 17.1 Å². The van der Waals surface area contributed by atoms with E-state index in [1.165, 1.54) is 206 Å². The molecule has 0 amide bonds. The second kappa shape index (κ2) is 23.7. The van der Waals surface area contributed by atoms with Gasteiger partial charge in [-0.2, -0.15) is 0 Å². The Balaban J connectivity index is 0.000000137. The molecular formula is C108H79ClN2. The van der Waals surface area contributed by atoms with E-state index in [1.807, 2.05) is 12.1 Å². The predicted molar refractivity (Wildman–Crippen MR) is 468 cm³/mol. The maximum atomic E-state index is 7.14. The summed E-state index contributed by atoms with van der Waals surface area (Å²) in [5.74, 6) is 0. The summed E-state index contributed by atoms with van der Waals surface area (Å²) in [6, 6.07) is 125. The number of nitrogens with zero attached hydrogens (tertiary/aromatic N) is 2. The van der Waals surface area contributed by atoms with Crippen molar-refractivity contribution in [2.24, 2.45) is 0 Å². The zero-order chi connectivity index (χ0) is 74.7. The first-order valence-corrected chi connectivity index (χ1v) is 39.6. The summed E-state index contributed by atoms with van der Waals surface area (Å²) >= 11 is 7.14. The molecule has 3 heteroatoms. The molecule has 0 unspecified atom stereocenters. The Labute approximate surface area is 654 Å². The second-order valence-corrected chi connectivity index (χ2v) is 33.8. The zero-order valence-electron chi connectivity index (χ0n) is 63.5. The van der Waals surface area contributed by atoms with Crippen molar-refractivity contribution in [3.05, 3.63) is 383 Å². The molecule has 0 saturated heterocycles. The Bertz CT molecular complexity index is 6740. The first-order chi connectivity index (χ1) is 54.1. The lowest BCUT2D eigenvalue weighted by Gasteiger charge is -2.29. The Kier molecular flexibility index (Phi) is 14.0. The summed E-state index contributed by atoms with van der Waals surface area (Å²) in [4.78, 5) is 2.38. The third-order valence-corrected chi connectivity index (χ3v) is 26.6. The topological polar surface area (TPSA) is 8.17 Å². The first kappa shape index (κ1) is 65.5. The van der Waals surface area contributed by atoms with Gasteiger partial charge in [0.15, 0.2) is 0 Å². The van der Waals surface area contributed by atoms with Gasteiger partial charge in [0.05, 0.1) is 38.8 Å². The molecule has 0 fully saturated rings. The van der Waals surface area contributed by atoms with Crippen LogP contribution in [0, 0.1) is 0 Å². The monoisotopic (exact) mass is 1440 g/mol.